The molecule has 8 nitrogen and oxygen atoms in total. The number of hydrogen-bond acceptors (Lipinski definition) is 8. The van der Waals surface area contributed by atoms with Crippen molar-refractivity contribution in [3.63, 3.8) is 0 Å². The normalized spacial score (nSPS) is 15.9. The van der Waals surface area contributed by atoms with Crippen molar-refractivity contribution < 1.29 is 31.8 Å². The van der Waals surface area contributed by atoms with Crippen LogP contribution in [0.1, 0.15) is 11.1 Å². The average Bonchev–Trinajstić information content (AvgIpc) is 2.86. The van der Waals surface area contributed by atoms with Crippen molar-refractivity contribution in [2.45, 2.75) is 13.0 Å². The molecular formula is C25H23F4N5O3. The molecule has 2 aromatic rings. The van der Waals surface area contributed by atoms with Crippen LogP contribution in [-0.2, 0) is 9.53 Å². The number of nitrogen functional groups attached to an aromatic ring is 1. The number of anilines is 2. The maximum absolute atomic E-state index is 12.7. The van der Waals surface area contributed by atoms with Gasteiger partial charge in [-0.1, -0.05) is 12.1 Å². The van der Waals surface area contributed by atoms with Gasteiger partial charge in [0.15, 0.2) is 12.9 Å². The fraction of sp³-hybridized carbons (Fsp3) is 0.200. The molecule has 0 saturated carbocycles. The molecule has 0 aliphatic carbocycles. The lowest BCUT2D eigenvalue weighted by Gasteiger charge is -2.19. The van der Waals surface area contributed by atoms with E-state index >= 15 is 0 Å². The molecule has 194 valence electrons. The summed E-state index contributed by atoms with van der Waals surface area (Å²) in [5.41, 5.74) is 8.36. The van der Waals surface area contributed by atoms with Crippen molar-refractivity contribution in [2.75, 3.05) is 31.4 Å². The molecule has 0 radical (unpaired) electrons. The summed E-state index contributed by atoms with van der Waals surface area (Å²) in [5, 5.41) is 6.03. The third-order valence-electron chi connectivity index (χ3n) is 4.94. The van der Waals surface area contributed by atoms with Crippen LogP contribution in [0.4, 0.5) is 28.9 Å². The minimum Gasteiger partial charge on any atom is -0.472 e. The number of hydrazone groups is 1. The van der Waals surface area contributed by atoms with Gasteiger partial charge in [0.1, 0.15) is 17.2 Å². The van der Waals surface area contributed by atoms with Gasteiger partial charge < -0.3 is 15.2 Å². The van der Waals surface area contributed by atoms with Gasteiger partial charge in [0.2, 0.25) is 5.90 Å². The number of rotatable bonds is 9. The van der Waals surface area contributed by atoms with Crippen molar-refractivity contribution in [3.05, 3.63) is 71.4 Å². The molecule has 0 bridgehead atoms. The van der Waals surface area contributed by atoms with Gasteiger partial charge in [-0.05, 0) is 42.0 Å². The summed E-state index contributed by atoms with van der Waals surface area (Å²) < 4.78 is 59.7. The molecule has 0 spiro atoms. The predicted octanol–water partition coefficient (Wildman–Crippen LogP) is 4.57. The first-order valence-corrected chi connectivity index (χ1v) is 10.8. The SMILES string of the molecule is CN=Cc1cc(N(C)N=C2C=CC(OCC(F)F)=N/C2=C(/C=O)c2ccc(OC(F)F)cc2)ccc1N. The number of allylic oxidation sites excluding steroid dienone is 2. The van der Waals surface area contributed by atoms with Crippen LogP contribution in [0.25, 0.3) is 5.57 Å². The monoisotopic (exact) mass is 517 g/mol. The molecule has 0 unspecified atom stereocenters. The smallest absolute Gasteiger partial charge is 0.387 e. The van der Waals surface area contributed by atoms with E-state index in [4.69, 9.17) is 10.5 Å². The number of aliphatic imine (C=N–C) groups is 2. The fourth-order valence-electron chi connectivity index (χ4n) is 3.25. The summed E-state index contributed by atoms with van der Waals surface area (Å²) in [5.74, 6) is -0.256. The standard InChI is InChI=1S/C25H23F4N5O3/c1-31-12-16-11-17(5-8-20(16)30)34(2)33-21-9-10-23(36-14-22(26)27)32-24(21)19(13-35)15-3-6-18(7-4-15)37-25(28)29/h3-13,22,25H,14,30H2,1-2H3/b24-19-,31-12?,33-21?. The lowest BCUT2D eigenvalue weighted by molar-refractivity contribution is -0.103. The van der Waals surface area contributed by atoms with Gasteiger partial charge in [-0.3, -0.25) is 14.8 Å². The summed E-state index contributed by atoms with van der Waals surface area (Å²) in [6.45, 7) is -3.91. The lowest BCUT2D eigenvalue weighted by atomic mass is 10.0. The molecule has 1 aliphatic heterocycles. The van der Waals surface area contributed by atoms with Gasteiger partial charge in [-0.25, -0.2) is 13.8 Å². The van der Waals surface area contributed by atoms with E-state index in [0.717, 1.165) is 0 Å². The summed E-state index contributed by atoms with van der Waals surface area (Å²) in [6, 6.07) is 10.5. The zero-order chi connectivity index (χ0) is 26.9. The second kappa shape index (κ2) is 12.5. The molecule has 1 heterocycles. The topological polar surface area (TPSA) is 102 Å². The van der Waals surface area contributed by atoms with E-state index in [2.05, 4.69) is 19.8 Å². The van der Waals surface area contributed by atoms with Crippen LogP contribution in [0.5, 0.6) is 5.75 Å². The Morgan fingerprint density at radius 1 is 1.14 bits per heavy atom. The molecule has 2 aromatic carbocycles. The van der Waals surface area contributed by atoms with Gasteiger partial charge in [0.25, 0.3) is 6.43 Å². The Bertz CT molecular complexity index is 1270. The first-order valence-electron chi connectivity index (χ1n) is 10.8. The van der Waals surface area contributed by atoms with Crippen LogP contribution in [-0.4, -0.2) is 57.8 Å². The Morgan fingerprint density at radius 3 is 2.49 bits per heavy atom. The molecule has 37 heavy (non-hydrogen) atoms. The minimum atomic E-state index is -3.01. The first kappa shape index (κ1) is 27.1. The number of hydrogen-bond donors (Lipinski definition) is 1. The first-order chi connectivity index (χ1) is 17.7. The molecule has 0 amide bonds. The minimum absolute atomic E-state index is 0.0226. The number of benzene rings is 2. The number of dihydropyridines is 1. The molecule has 12 heteroatoms. The van der Waals surface area contributed by atoms with Crippen LogP contribution >= 0.6 is 0 Å². The number of carbonyl (C=O) groups excluding carboxylic acids is 1. The maximum atomic E-state index is 12.7. The lowest BCUT2D eigenvalue weighted by Crippen LogP contribution is -2.19. The highest BCUT2D eigenvalue weighted by Gasteiger charge is 2.20. The highest BCUT2D eigenvalue weighted by Crippen LogP contribution is 2.26. The zero-order valence-electron chi connectivity index (χ0n) is 19.8. The van der Waals surface area contributed by atoms with E-state index in [1.54, 1.807) is 38.5 Å². The highest BCUT2D eigenvalue weighted by molar-refractivity contribution is 6.25. The third kappa shape index (κ3) is 7.26. The van der Waals surface area contributed by atoms with Crippen LogP contribution in [0.2, 0.25) is 0 Å². The van der Waals surface area contributed by atoms with Crippen molar-refractivity contribution in [2.24, 2.45) is 15.1 Å². The van der Waals surface area contributed by atoms with E-state index in [0.29, 0.717) is 28.8 Å². The highest BCUT2D eigenvalue weighted by atomic mass is 19.3. The second-order valence-electron chi connectivity index (χ2n) is 7.48. The van der Waals surface area contributed by atoms with Crippen molar-refractivity contribution in [1.82, 2.24) is 0 Å². The summed E-state index contributed by atoms with van der Waals surface area (Å²) in [6.07, 6.45) is 2.17. The van der Waals surface area contributed by atoms with Gasteiger partial charge >= 0.3 is 6.61 Å². The van der Waals surface area contributed by atoms with Crippen LogP contribution in [0.15, 0.2) is 75.4 Å². The number of alkyl halides is 4. The van der Waals surface area contributed by atoms with E-state index in [9.17, 15) is 22.4 Å². The largest absolute Gasteiger partial charge is 0.472 e. The van der Waals surface area contributed by atoms with Gasteiger partial charge in [-0.15, -0.1) is 0 Å². The fourth-order valence-corrected chi connectivity index (χ4v) is 3.25. The molecule has 0 fully saturated rings. The Labute approximate surface area is 210 Å². The van der Waals surface area contributed by atoms with E-state index in [1.165, 1.54) is 41.4 Å². The number of halogens is 4. The van der Waals surface area contributed by atoms with Crippen molar-refractivity contribution in [1.29, 1.82) is 0 Å². The van der Waals surface area contributed by atoms with Crippen LogP contribution in [0.3, 0.4) is 0 Å². The number of nitrogens with two attached hydrogens (primary N) is 1. The van der Waals surface area contributed by atoms with Gasteiger partial charge in [0, 0.05) is 43.2 Å². The number of nitrogens with zero attached hydrogens (tertiary/aromatic N) is 4. The molecule has 0 aromatic heterocycles. The molecule has 3 rings (SSSR count). The van der Waals surface area contributed by atoms with E-state index < -0.39 is 19.6 Å². The average molecular weight is 517 g/mol. The van der Waals surface area contributed by atoms with Gasteiger partial charge in [-0.2, -0.15) is 13.9 Å². The second-order valence-corrected chi connectivity index (χ2v) is 7.48. The Morgan fingerprint density at radius 2 is 1.86 bits per heavy atom. The van der Waals surface area contributed by atoms with E-state index in [-0.39, 0.29) is 28.6 Å². The molecule has 1 aliphatic rings. The number of aldehydes is 1. The summed E-state index contributed by atoms with van der Waals surface area (Å²) in [4.78, 5) is 20.3. The Hall–Kier alpha value is -4.48. The summed E-state index contributed by atoms with van der Waals surface area (Å²) >= 11 is 0. The van der Waals surface area contributed by atoms with Crippen molar-refractivity contribution in [3.8, 4) is 5.75 Å². The maximum Gasteiger partial charge on any atom is 0.387 e. The van der Waals surface area contributed by atoms with E-state index in [1.807, 2.05) is 0 Å². The molecular weight excluding hydrogens is 494 g/mol. The quantitative estimate of drug-likeness (QED) is 0.131. The summed E-state index contributed by atoms with van der Waals surface area (Å²) in [7, 11) is 3.26. The predicted molar refractivity (Wildman–Crippen MR) is 135 cm³/mol. The third-order valence-corrected chi connectivity index (χ3v) is 4.94. The molecule has 0 atom stereocenters. The molecule has 0 saturated heterocycles. The molecule has 2 N–H and O–H groups in total. The zero-order valence-corrected chi connectivity index (χ0v) is 19.8. The van der Waals surface area contributed by atoms with Gasteiger partial charge in [0.05, 0.1) is 5.69 Å². The van der Waals surface area contributed by atoms with Crippen LogP contribution < -0.4 is 15.5 Å². The Balaban J connectivity index is 2.06. The number of ether oxygens (including phenoxy) is 2. The number of carbonyl (C=O) groups is 1. The van der Waals surface area contributed by atoms with Crippen molar-refractivity contribution >= 4 is 41.1 Å². The van der Waals surface area contributed by atoms with Crippen LogP contribution in [0, 0.1) is 0 Å². The Kier molecular flexibility index (Phi) is 9.14.